The highest BCUT2D eigenvalue weighted by molar-refractivity contribution is 5.83. The lowest BCUT2D eigenvalue weighted by Crippen LogP contribution is -1.95. The summed E-state index contributed by atoms with van der Waals surface area (Å²) in [6, 6.07) is 7.27. The SMILES string of the molecule is COc1ccc2nc(-c3cc(F)c(F)cc3N)[nH]c2c1. The molecule has 1 aromatic heterocycles. The number of imidazole rings is 1. The molecule has 3 rings (SSSR count). The van der Waals surface area contributed by atoms with Crippen LogP contribution in [0, 0.1) is 11.6 Å². The van der Waals surface area contributed by atoms with E-state index in [0.29, 0.717) is 22.7 Å². The zero-order valence-electron chi connectivity index (χ0n) is 10.6. The minimum atomic E-state index is -0.982. The van der Waals surface area contributed by atoms with Crippen molar-refractivity contribution in [3.05, 3.63) is 42.0 Å². The van der Waals surface area contributed by atoms with E-state index in [1.165, 1.54) is 0 Å². The number of nitrogens with one attached hydrogen (secondary N) is 1. The van der Waals surface area contributed by atoms with Crippen LogP contribution in [0.25, 0.3) is 22.4 Å². The van der Waals surface area contributed by atoms with Crippen molar-refractivity contribution < 1.29 is 13.5 Å². The van der Waals surface area contributed by atoms with Gasteiger partial charge in [-0.05, 0) is 18.2 Å². The van der Waals surface area contributed by atoms with Crippen LogP contribution in [0.4, 0.5) is 14.5 Å². The Balaban J connectivity index is 2.17. The predicted octanol–water partition coefficient (Wildman–Crippen LogP) is 3.10. The van der Waals surface area contributed by atoms with Crippen LogP contribution in [-0.4, -0.2) is 17.1 Å². The average Bonchev–Trinajstić information content (AvgIpc) is 2.85. The second-order valence-corrected chi connectivity index (χ2v) is 4.32. The van der Waals surface area contributed by atoms with Crippen LogP contribution in [0.15, 0.2) is 30.3 Å². The smallest absolute Gasteiger partial charge is 0.160 e. The molecule has 0 saturated carbocycles. The number of ether oxygens (including phenoxy) is 1. The predicted molar refractivity (Wildman–Crippen MR) is 72.4 cm³/mol. The van der Waals surface area contributed by atoms with Crippen molar-refractivity contribution >= 4 is 16.7 Å². The Morgan fingerprint density at radius 2 is 1.90 bits per heavy atom. The molecule has 0 unspecified atom stereocenters. The van der Waals surface area contributed by atoms with Crippen molar-refractivity contribution in [2.24, 2.45) is 0 Å². The van der Waals surface area contributed by atoms with Crippen molar-refractivity contribution in [3.63, 3.8) is 0 Å². The summed E-state index contributed by atoms with van der Waals surface area (Å²) in [5, 5.41) is 0. The Morgan fingerprint density at radius 1 is 1.15 bits per heavy atom. The Kier molecular flexibility index (Phi) is 2.78. The van der Waals surface area contributed by atoms with E-state index in [-0.39, 0.29) is 5.69 Å². The lowest BCUT2D eigenvalue weighted by Gasteiger charge is -2.03. The first-order valence-corrected chi connectivity index (χ1v) is 5.87. The number of halogens is 2. The minimum Gasteiger partial charge on any atom is -0.497 e. The summed E-state index contributed by atoms with van der Waals surface area (Å²) in [6.45, 7) is 0. The van der Waals surface area contributed by atoms with Crippen molar-refractivity contribution in [2.45, 2.75) is 0 Å². The lowest BCUT2D eigenvalue weighted by molar-refractivity contribution is 0.415. The van der Waals surface area contributed by atoms with Gasteiger partial charge in [-0.1, -0.05) is 0 Å². The molecule has 0 radical (unpaired) electrons. The molecule has 20 heavy (non-hydrogen) atoms. The van der Waals surface area contributed by atoms with E-state index in [1.807, 2.05) is 0 Å². The molecule has 0 bridgehead atoms. The van der Waals surface area contributed by atoms with Crippen LogP contribution in [0.5, 0.6) is 5.75 Å². The molecule has 6 heteroatoms. The number of nitrogens with two attached hydrogens (primary N) is 1. The first kappa shape index (κ1) is 12.4. The fourth-order valence-electron chi connectivity index (χ4n) is 2.01. The third kappa shape index (κ3) is 1.95. The van der Waals surface area contributed by atoms with E-state index in [0.717, 1.165) is 17.6 Å². The van der Waals surface area contributed by atoms with Crippen LogP contribution in [0.1, 0.15) is 0 Å². The summed E-state index contributed by atoms with van der Waals surface area (Å²) < 4.78 is 31.5. The lowest BCUT2D eigenvalue weighted by atomic mass is 10.1. The number of fused-ring (bicyclic) bond motifs is 1. The first-order chi connectivity index (χ1) is 9.58. The fourth-order valence-corrected chi connectivity index (χ4v) is 2.01. The van der Waals surface area contributed by atoms with Gasteiger partial charge >= 0.3 is 0 Å². The van der Waals surface area contributed by atoms with Crippen molar-refractivity contribution in [1.29, 1.82) is 0 Å². The number of aromatic amines is 1. The molecular formula is C14H11F2N3O. The van der Waals surface area contributed by atoms with Crippen LogP contribution in [0.3, 0.4) is 0 Å². The Hall–Kier alpha value is -2.63. The van der Waals surface area contributed by atoms with Gasteiger partial charge in [0.2, 0.25) is 0 Å². The first-order valence-electron chi connectivity index (χ1n) is 5.87. The van der Waals surface area contributed by atoms with E-state index in [1.54, 1.807) is 25.3 Å². The molecule has 3 N–H and O–H groups in total. The topological polar surface area (TPSA) is 63.9 Å². The Labute approximate surface area is 113 Å². The molecule has 0 saturated heterocycles. The molecule has 0 fully saturated rings. The number of hydrogen-bond donors (Lipinski definition) is 2. The summed E-state index contributed by atoms with van der Waals surface area (Å²) in [6.07, 6.45) is 0. The zero-order chi connectivity index (χ0) is 14.3. The van der Waals surface area contributed by atoms with E-state index < -0.39 is 11.6 Å². The van der Waals surface area contributed by atoms with Gasteiger partial charge in [-0.2, -0.15) is 0 Å². The molecule has 0 aliphatic carbocycles. The standard InChI is InChI=1S/C14H11F2N3O/c1-20-7-2-3-12-13(4-7)19-14(18-12)8-5-9(15)10(16)6-11(8)17/h2-6H,17H2,1H3,(H,18,19). The quantitative estimate of drug-likeness (QED) is 0.706. The van der Waals surface area contributed by atoms with E-state index in [9.17, 15) is 8.78 Å². The summed E-state index contributed by atoms with van der Waals surface area (Å²) >= 11 is 0. The van der Waals surface area contributed by atoms with Crippen LogP contribution < -0.4 is 10.5 Å². The number of nitrogen functional groups attached to an aromatic ring is 1. The third-order valence-corrected chi connectivity index (χ3v) is 3.04. The summed E-state index contributed by atoms with van der Waals surface area (Å²) in [5.41, 5.74) is 7.56. The summed E-state index contributed by atoms with van der Waals surface area (Å²) in [5.74, 6) is -0.896. The van der Waals surface area contributed by atoms with E-state index >= 15 is 0 Å². The molecule has 0 aliphatic rings. The van der Waals surface area contributed by atoms with Crippen LogP contribution in [0.2, 0.25) is 0 Å². The number of benzene rings is 2. The van der Waals surface area contributed by atoms with Crippen LogP contribution in [-0.2, 0) is 0 Å². The molecule has 0 spiro atoms. The molecule has 102 valence electrons. The van der Waals surface area contributed by atoms with Crippen LogP contribution >= 0.6 is 0 Å². The highest BCUT2D eigenvalue weighted by Crippen LogP contribution is 2.29. The third-order valence-electron chi connectivity index (χ3n) is 3.04. The number of aromatic nitrogens is 2. The van der Waals surface area contributed by atoms with E-state index in [4.69, 9.17) is 10.5 Å². The molecular weight excluding hydrogens is 264 g/mol. The monoisotopic (exact) mass is 275 g/mol. The number of anilines is 1. The molecule has 0 atom stereocenters. The number of hydrogen-bond acceptors (Lipinski definition) is 3. The van der Waals surface area contributed by atoms with Crippen molar-refractivity contribution in [3.8, 4) is 17.1 Å². The van der Waals surface area contributed by atoms with Gasteiger partial charge in [-0.3, -0.25) is 0 Å². The van der Waals surface area contributed by atoms with Gasteiger partial charge in [0, 0.05) is 23.4 Å². The normalized spacial score (nSPS) is 10.9. The Morgan fingerprint density at radius 3 is 2.65 bits per heavy atom. The highest BCUT2D eigenvalue weighted by Gasteiger charge is 2.13. The van der Waals surface area contributed by atoms with Gasteiger partial charge in [-0.15, -0.1) is 0 Å². The van der Waals surface area contributed by atoms with E-state index in [2.05, 4.69) is 9.97 Å². The molecule has 1 heterocycles. The van der Waals surface area contributed by atoms with Gasteiger partial charge in [0.15, 0.2) is 11.6 Å². The van der Waals surface area contributed by atoms with Gasteiger partial charge < -0.3 is 15.5 Å². The molecule has 4 nitrogen and oxygen atoms in total. The van der Waals surface area contributed by atoms with Gasteiger partial charge in [0.1, 0.15) is 11.6 Å². The second-order valence-electron chi connectivity index (χ2n) is 4.32. The van der Waals surface area contributed by atoms with Crippen molar-refractivity contribution in [1.82, 2.24) is 9.97 Å². The number of methoxy groups -OCH3 is 1. The maximum atomic E-state index is 13.3. The summed E-state index contributed by atoms with van der Waals surface area (Å²) in [4.78, 5) is 7.32. The summed E-state index contributed by atoms with van der Waals surface area (Å²) in [7, 11) is 1.56. The van der Waals surface area contributed by atoms with Gasteiger partial charge in [0.05, 0.1) is 18.1 Å². The molecule has 0 amide bonds. The minimum absolute atomic E-state index is 0.120. The van der Waals surface area contributed by atoms with Crippen molar-refractivity contribution in [2.75, 3.05) is 12.8 Å². The molecule has 3 aromatic rings. The Bertz CT molecular complexity index is 798. The second kappa shape index (κ2) is 4.48. The number of H-pyrrole nitrogens is 1. The highest BCUT2D eigenvalue weighted by atomic mass is 19.2. The van der Waals surface area contributed by atoms with Gasteiger partial charge in [-0.25, -0.2) is 13.8 Å². The maximum Gasteiger partial charge on any atom is 0.160 e. The maximum absolute atomic E-state index is 13.3. The largest absolute Gasteiger partial charge is 0.497 e. The average molecular weight is 275 g/mol. The van der Waals surface area contributed by atoms with Gasteiger partial charge in [0.25, 0.3) is 0 Å². The fraction of sp³-hybridized carbons (Fsp3) is 0.0714. The molecule has 0 aliphatic heterocycles. The number of nitrogens with zero attached hydrogens (tertiary/aromatic N) is 1. The number of rotatable bonds is 2. The zero-order valence-corrected chi connectivity index (χ0v) is 10.6. The molecule has 2 aromatic carbocycles.